The van der Waals surface area contributed by atoms with Crippen LogP contribution in [0.15, 0.2) is 24.3 Å². The van der Waals surface area contributed by atoms with E-state index in [-0.39, 0.29) is 6.10 Å². The third kappa shape index (κ3) is 3.02. The lowest BCUT2D eigenvalue weighted by Crippen LogP contribution is -2.26. The van der Waals surface area contributed by atoms with Gasteiger partial charge in [-0.2, -0.15) is 0 Å². The van der Waals surface area contributed by atoms with Crippen LogP contribution in [0.1, 0.15) is 68.4 Å². The first-order valence-corrected chi connectivity index (χ1v) is 8.10. The molecule has 3 rings (SSSR count). The molecule has 0 bridgehead atoms. The van der Waals surface area contributed by atoms with Gasteiger partial charge in [-0.3, -0.25) is 0 Å². The van der Waals surface area contributed by atoms with Crippen molar-refractivity contribution in [3.63, 3.8) is 0 Å². The van der Waals surface area contributed by atoms with E-state index in [2.05, 4.69) is 24.3 Å². The molecule has 1 heteroatoms. The highest BCUT2D eigenvalue weighted by Gasteiger charge is 2.28. The van der Waals surface area contributed by atoms with Gasteiger partial charge in [-0.15, -0.1) is 0 Å². The lowest BCUT2D eigenvalue weighted by atomic mass is 9.76. The molecule has 1 saturated carbocycles. The van der Waals surface area contributed by atoms with E-state index in [0.717, 1.165) is 12.3 Å². The highest BCUT2D eigenvalue weighted by atomic mass is 16.3. The molecule has 19 heavy (non-hydrogen) atoms. The summed E-state index contributed by atoms with van der Waals surface area (Å²) in [5.41, 5.74) is 2.90. The normalized spacial score (nSPS) is 25.8. The zero-order valence-electron chi connectivity index (χ0n) is 11.9. The Labute approximate surface area is 117 Å². The summed E-state index contributed by atoms with van der Waals surface area (Å²) in [5, 5.41) is 10.7. The maximum Gasteiger partial charge on any atom is 0.0611 e. The average molecular weight is 258 g/mol. The molecule has 0 aromatic heterocycles. The minimum atomic E-state index is -0.121. The van der Waals surface area contributed by atoms with E-state index in [4.69, 9.17) is 0 Å². The highest BCUT2D eigenvalue weighted by molar-refractivity contribution is 5.33. The molecule has 0 aliphatic heterocycles. The molecular formula is C18H26O. The first-order chi connectivity index (χ1) is 9.34. The first kappa shape index (κ1) is 13.2. The zero-order valence-corrected chi connectivity index (χ0v) is 11.9. The molecule has 0 radical (unpaired) electrons. The zero-order chi connectivity index (χ0) is 13.1. The maximum atomic E-state index is 10.7. The van der Waals surface area contributed by atoms with Gasteiger partial charge in [0.1, 0.15) is 0 Å². The Bertz CT molecular complexity index is 406. The van der Waals surface area contributed by atoms with Crippen LogP contribution >= 0.6 is 0 Å². The van der Waals surface area contributed by atoms with Gasteiger partial charge < -0.3 is 5.11 Å². The van der Waals surface area contributed by atoms with E-state index in [9.17, 15) is 5.11 Å². The minimum absolute atomic E-state index is 0.121. The summed E-state index contributed by atoms with van der Waals surface area (Å²) in [5.74, 6) is 1.17. The van der Waals surface area contributed by atoms with Crippen LogP contribution in [-0.2, 0) is 6.42 Å². The Morgan fingerprint density at radius 1 is 1.00 bits per heavy atom. The fourth-order valence-corrected chi connectivity index (χ4v) is 4.12. The molecule has 2 atom stereocenters. The highest BCUT2D eigenvalue weighted by Crippen LogP contribution is 2.37. The fourth-order valence-electron chi connectivity index (χ4n) is 4.12. The van der Waals surface area contributed by atoms with Crippen LogP contribution in [0, 0.1) is 5.92 Å². The van der Waals surface area contributed by atoms with Crippen molar-refractivity contribution in [2.45, 2.75) is 69.8 Å². The molecule has 104 valence electrons. The number of aliphatic hydroxyl groups is 1. The molecule has 0 spiro atoms. The van der Waals surface area contributed by atoms with Crippen molar-refractivity contribution < 1.29 is 5.11 Å². The van der Waals surface area contributed by atoms with Crippen molar-refractivity contribution in [2.24, 2.45) is 5.92 Å². The predicted octanol–water partition coefficient (Wildman–Crippen LogP) is 4.44. The molecule has 0 heterocycles. The van der Waals surface area contributed by atoms with Crippen molar-refractivity contribution in [3.8, 4) is 0 Å². The van der Waals surface area contributed by atoms with Gasteiger partial charge in [0.15, 0.2) is 0 Å². The largest absolute Gasteiger partial charge is 0.392 e. The predicted molar refractivity (Wildman–Crippen MR) is 79.3 cm³/mol. The summed E-state index contributed by atoms with van der Waals surface area (Å²) in [4.78, 5) is 0. The van der Waals surface area contributed by atoms with Gasteiger partial charge in [0.05, 0.1) is 6.10 Å². The van der Waals surface area contributed by atoms with Gasteiger partial charge in [-0.25, -0.2) is 0 Å². The molecule has 1 nitrogen and oxygen atoms in total. The molecular weight excluding hydrogens is 232 g/mol. The second-order valence-electron chi connectivity index (χ2n) is 6.50. The number of hydrogen-bond donors (Lipinski definition) is 1. The molecule has 1 N–H and O–H groups in total. The third-order valence-electron chi connectivity index (χ3n) is 5.18. The van der Waals surface area contributed by atoms with Gasteiger partial charge in [-0.05, 0) is 42.7 Å². The van der Waals surface area contributed by atoms with Crippen LogP contribution in [0.3, 0.4) is 0 Å². The number of rotatable bonds is 3. The minimum Gasteiger partial charge on any atom is -0.392 e. The summed E-state index contributed by atoms with van der Waals surface area (Å²) in [6, 6.07) is 8.75. The summed E-state index contributed by atoms with van der Waals surface area (Å²) in [7, 11) is 0. The molecule has 0 amide bonds. The van der Waals surface area contributed by atoms with Crippen LogP contribution in [0.25, 0.3) is 0 Å². The second kappa shape index (κ2) is 6.09. The van der Waals surface area contributed by atoms with E-state index in [1.54, 1.807) is 0 Å². The number of aliphatic hydroxyl groups excluding tert-OH is 1. The van der Waals surface area contributed by atoms with Crippen molar-refractivity contribution >= 4 is 0 Å². The Morgan fingerprint density at radius 3 is 2.63 bits per heavy atom. The van der Waals surface area contributed by atoms with Crippen molar-refractivity contribution in [1.82, 2.24) is 0 Å². The quantitative estimate of drug-likeness (QED) is 0.850. The fraction of sp³-hybridized carbons (Fsp3) is 0.667. The van der Waals surface area contributed by atoms with Crippen molar-refractivity contribution in [2.75, 3.05) is 0 Å². The Kier molecular flexibility index (Phi) is 4.22. The van der Waals surface area contributed by atoms with Gasteiger partial charge in [0, 0.05) is 5.92 Å². The Balaban J connectivity index is 1.68. The number of fused-ring (bicyclic) bond motifs is 1. The number of benzene rings is 1. The van der Waals surface area contributed by atoms with Gasteiger partial charge >= 0.3 is 0 Å². The summed E-state index contributed by atoms with van der Waals surface area (Å²) < 4.78 is 0. The molecule has 2 unspecified atom stereocenters. The Morgan fingerprint density at radius 2 is 1.79 bits per heavy atom. The van der Waals surface area contributed by atoms with Crippen LogP contribution in [0.4, 0.5) is 0 Å². The van der Waals surface area contributed by atoms with Crippen molar-refractivity contribution in [3.05, 3.63) is 35.4 Å². The molecule has 1 fully saturated rings. The second-order valence-corrected chi connectivity index (χ2v) is 6.50. The van der Waals surface area contributed by atoms with E-state index < -0.39 is 0 Å². The van der Waals surface area contributed by atoms with Gasteiger partial charge in [0.25, 0.3) is 0 Å². The standard InChI is InChI=1S/C18H26O/c19-18(13-14-7-2-1-3-8-14)17-12-6-10-15-9-4-5-11-16(15)17/h4-5,9,11,14,17-19H,1-3,6-8,10,12-13H2. The first-order valence-electron chi connectivity index (χ1n) is 8.10. The number of hydrogen-bond acceptors (Lipinski definition) is 1. The summed E-state index contributed by atoms with van der Waals surface area (Å²) in [6.45, 7) is 0. The monoisotopic (exact) mass is 258 g/mol. The molecule has 2 aliphatic rings. The SMILES string of the molecule is OC(CC1CCCCC1)C1CCCc2ccccc21. The smallest absolute Gasteiger partial charge is 0.0611 e. The molecule has 1 aromatic rings. The van der Waals surface area contributed by atoms with E-state index in [1.165, 1.54) is 62.5 Å². The number of aryl methyl sites for hydroxylation is 1. The van der Waals surface area contributed by atoms with E-state index >= 15 is 0 Å². The summed E-state index contributed by atoms with van der Waals surface area (Å²) in [6.07, 6.45) is 11.3. The molecule has 2 aliphatic carbocycles. The lowest BCUT2D eigenvalue weighted by molar-refractivity contribution is 0.0971. The van der Waals surface area contributed by atoms with Crippen LogP contribution in [0.2, 0.25) is 0 Å². The molecule has 1 aromatic carbocycles. The Hall–Kier alpha value is -0.820. The van der Waals surface area contributed by atoms with Crippen molar-refractivity contribution in [1.29, 1.82) is 0 Å². The summed E-state index contributed by atoms with van der Waals surface area (Å²) >= 11 is 0. The average Bonchev–Trinajstić information content (AvgIpc) is 2.47. The van der Waals surface area contributed by atoms with Gasteiger partial charge in [0.2, 0.25) is 0 Å². The van der Waals surface area contributed by atoms with E-state index in [0.29, 0.717) is 5.92 Å². The topological polar surface area (TPSA) is 20.2 Å². The third-order valence-corrected chi connectivity index (χ3v) is 5.18. The van der Waals surface area contributed by atoms with Crippen LogP contribution < -0.4 is 0 Å². The van der Waals surface area contributed by atoms with Crippen LogP contribution in [0.5, 0.6) is 0 Å². The lowest BCUT2D eigenvalue weighted by Gasteiger charge is -2.32. The van der Waals surface area contributed by atoms with Crippen LogP contribution in [-0.4, -0.2) is 11.2 Å². The van der Waals surface area contributed by atoms with Gasteiger partial charge in [-0.1, -0.05) is 56.4 Å². The molecule has 0 saturated heterocycles. The van der Waals surface area contributed by atoms with E-state index in [1.807, 2.05) is 0 Å². The maximum absolute atomic E-state index is 10.7.